The average Bonchev–Trinajstić information content (AvgIpc) is 3.59. The zero-order chi connectivity index (χ0) is 33.0. The second-order valence-corrected chi connectivity index (χ2v) is 12.8. The molecule has 0 unspecified atom stereocenters. The Bertz CT molecular complexity index is 1810. The Morgan fingerprint density at radius 3 is 1.19 bits per heavy atom. The van der Waals surface area contributed by atoms with Crippen molar-refractivity contribution in [1.29, 1.82) is 0 Å². The molecule has 0 saturated carbocycles. The van der Waals surface area contributed by atoms with Gasteiger partial charge in [0, 0.05) is 29.9 Å². The van der Waals surface area contributed by atoms with Crippen LogP contribution in [0.4, 0.5) is 11.4 Å². The van der Waals surface area contributed by atoms with Gasteiger partial charge in [-0.25, -0.2) is 0 Å². The Hall–Kier alpha value is -5.54. The van der Waals surface area contributed by atoms with Gasteiger partial charge in [0.05, 0.1) is 19.5 Å². The molecule has 0 radical (unpaired) electrons. The Morgan fingerprint density at radius 2 is 0.833 bits per heavy atom. The van der Waals surface area contributed by atoms with Crippen molar-refractivity contribution < 1.29 is 4.74 Å². The molecule has 238 valence electrons. The van der Waals surface area contributed by atoms with Gasteiger partial charge in [-0.2, -0.15) is 0 Å². The van der Waals surface area contributed by atoms with Gasteiger partial charge in [-0.15, -0.1) is 0 Å². The Balaban J connectivity index is 1.50. The fourth-order valence-corrected chi connectivity index (χ4v) is 7.56. The third-order valence-corrected chi connectivity index (χ3v) is 9.47. The van der Waals surface area contributed by atoms with Crippen LogP contribution in [0.25, 0.3) is 0 Å². The number of ether oxygens (including phenoxy) is 1. The summed E-state index contributed by atoms with van der Waals surface area (Å²) in [6, 6.07) is 52.6. The van der Waals surface area contributed by atoms with E-state index in [0.717, 1.165) is 5.75 Å². The SMILES string of the molecule is COc1cc(C(c2ccccc2)c2ccccc2)c(N2C=CN(c3c(C)cc(C)cc3C)C2)c(C(c2ccccc2)c2ccccc2)c1. The Labute approximate surface area is 285 Å². The molecule has 0 aliphatic carbocycles. The Morgan fingerprint density at radius 1 is 0.479 bits per heavy atom. The molecule has 0 amide bonds. The molecule has 0 spiro atoms. The third kappa shape index (κ3) is 6.12. The summed E-state index contributed by atoms with van der Waals surface area (Å²) < 4.78 is 6.14. The van der Waals surface area contributed by atoms with Gasteiger partial charge in [0.25, 0.3) is 0 Å². The van der Waals surface area contributed by atoms with Crippen LogP contribution in [0.5, 0.6) is 5.75 Å². The molecular weight excluding hydrogens is 585 g/mol. The summed E-state index contributed by atoms with van der Waals surface area (Å²) >= 11 is 0. The standard InChI is InChI=1S/C45H42N2O/c1-32-27-33(2)44(34(3)28-32)46-25-26-47(31-46)45-40(42(35-17-9-5-10-18-35)36-19-11-6-12-20-36)29-39(48-4)30-41(45)43(37-21-13-7-14-22-37)38-23-15-8-16-24-38/h5-30,42-43H,31H2,1-4H3. The zero-order valence-corrected chi connectivity index (χ0v) is 28.2. The van der Waals surface area contributed by atoms with Gasteiger partial charge >= 0.3 is 0 Å². The summed E-state index contributed by atoms with van der Waals surface area (Å²) in [7, 11) is 1.78. The number of aryl methyl sites for hydroxylation is 3. The minimum atomic E-state index is -0.0197. The van der Waals surface area contributed by atoms with E-state index in [9.17, 15) is 0 Å². The molecule has 48 heavy (non-hydrogen) atoms. The minimum Gasteiger partial charge on any atom is -0.497 e. The minimum absolute atomic E-state index is 0.0197. The highest BCUT2D eigenvalue weighted by Crippen LogP contribution is 2.48. The smallest absolute Gasteiger partial charge is 0.119 e. The molecule has 3 heteroatoms. The average molecular weight is 627 g/mol. The summed E-state index contributed by atoms with van der Waals surface area (Å²) in [5.74, 6) is 0.810. The van der Waals surface area contributed by atoms with E-state index in [1.807, 2.05) is 0 Å². The molecule has 0 aromatic heterocycles. The van der Waals surface area contributed by atoms with E-state index < -0.39 is 0 Å². The number of hydrogen-bond acceptors (Lipinski definition) is 3. The molecule has 0 bridgehead atoms. The van der Waals surface area contributed by atoms with E-state index in [4.69, 9.17) is 4.74 Å². The first kappa shape index (κ1) is 31.1. The highest BCUT2D eigenvalue weighted by atomic mass is 16.5. The lowest BCUT2D eigenvalue weighted by Crippen LogP contribution is -2.28. The van der Waals surface area contributed by atoms with E-state index in [1.54, 1.807) is 7.11 Å². The molecule has 6 aromatic rings. The maximum Gasteiger partial charge on any atom is 0.119 e. The van der Waals surface area contributed by atoms with Gasteiger partial charge < -0.3 is 14.5 Å². The summed E-state index contributed by atoms with van der Waals surface area (Å²) in [5.41, 5.74) is 13.7. The van der Waals surface area contributed by atoms with Crippen LogP contribution in [-0.2, 0) is 0 Å². The number of hydrogen-bond donors (Lipinski definition) is 0. The first-order valence-electron chi connectivity index (χ1n) is 16.7. The van der Waals surface area contributed by atoms with Crippen LogP contribution in [-0.4, -0.2) is 13.8 Å². The van der Waals surface area contributed by atoms with Gasteiger partial charge in [-0.3, -0.25) is 0 Å². The number of benzene rings is 6. The second-order valence-electron chi connectivity index (χ2n) is 12.8. The highest BCUT2D eigenvalue weighted by molar-refractivity contribution is 5.74. The van der Waals surface area contributed by atoms with Crippen LogP contribution >= 0.6 is 0 Å². The molecular formula is C45H42N2O. The predicted octanol–water partition coefficient (Wildman–Crippen LogP) is 10.7. The van der Waals surface area contributed by atoms with Gasteiger partial charge in [-0.05, 0) is 77.4 Å². The molecule has 1 aliphatic rings. The molecule has 0 fully saturated rings. The summed E-state index contributed by atoms with van der Waals surface area (Å²) in [5, 5.41) is 0. The van der Waals surface area contributed by atoms with Crippen molar-refractivity contribution in [2.45, 2.75) is 32.6 Å². The van der Waals surface area contributed by atoms with E-state index in [0.29, 0.717) is 6.67 Å². The van der Waals surface area contributed by atoms with Crippen molar-refractivity contribution in [2.24, 2.45) is 0 Å². The van der Waals surface area contributed by atoms with E-state index in [-0.39, 0.29) is 11.8 Å². The lowest BCUT2D eigenvalue weighted by atomic mass is 9.78. The number of rotatable bonds is 9. The van der Waals surface area contributed by atoms with E-state index in [2.05, 4.69) is 189 Å². The molecule has 6 aromatic carbocycles. The molecule has 0 N–H and O–H groups in total. The van der Waals surface area contributed by atoms with Crippen molar-refractivity contribution in [2.75, 3.05) is 23.6 Å². The molecule has 1 aliphatic heterocycles. The van der Waals surface area contributed by atoms with Crippen molar-refractivity contribution >= 4 is 11.4 Å². The van der Waals surface area contributed by atoms with Crippen LogP contribution < -0.4 is 14.5 Å². The van der Waals surface area contributed by atoms with Gasteiger partial charge in [0.2, 0.25) is 0 Å². The van der Waals surface area contributed by atoms with Crippen molar-refractivity contribution in [1.82, 2.24) is 0 Å². The maximum absolute atomic E-state index is 6.14. The van der Waals surface area contributed by atoms with Crippen molar-refractivity contribution in [3.63, 3.8) is 0 Å². The lowest BCUT2D eigenvalue weighted by Gasteiger charge is -2.33. The van der Waals surface area contributed by atoms with Crippen molar-refractivity contribution in [3.8, 4) is 5.75 Å². The number of methoxy groups -OCH3 is 1. The Kier molecular flexibility index (Phi) is 8.85. The largest absolute Gasteiger partial charge is 0.497 e. The van der Waals surface area contributed by atoms with Crippen LogP contribution in [0.2, 0.25) is 0 Å². The fraction of sp³-hybridized carbons (Fsp3) is 0.156. The molecule has 0 atom stereocenters. The third-order valence-electron chi connectivity index (χ3n) is 9.47. The predicted molar refractivity (Wildman–Crippen MR) is 200 cm³/mol. The summed E-state index contributed by atoms with van der Waals surface area (Å²) in [4.78, 5) is 4.84. The fourth-order valence-electron chi connectivity index (χ4n) is 7.56. The van der Waals surface area contributed by atoms with Crippen LogP contribution in [0.1, 0.15) is 61.9 Å². The van der Waals surface area contributed by atoms with Gasteiger partial charge in [0.15, 0.2) is 0 Å². The second kappa shape index (κ2) is 13.7. The normalized spacial score (nSPS) is 12.7. The summed E-state index contributed by atoms with van der Waals surface area (Å²) in [6.45, 7) is 7.31. The number of anilines is 2. The first-order valence-corrected chi connectivity index (χ1v) is 16.7. The quantitative estimate of drug-likeness (QED) is 0.149. The van der Waals surface area contributed by atoms with Crippen LogP contribution in [0.3, 0.4) is 0 Å². The van der Waals surface area contributed by atoms with Gasteiger partial charge in [0.1, 0.15) is 5.75 Å². The highest BCUT2D eigenvalue weighted by Gasteiger charge is 2.32. The first-order chi connectivity index (χ1) is 23.5. The number of nitrogens with zero attached hydrogens (tertiary/aromatic N) is 2. The van der Waals surface area contributed by atoms with Crippen LogP contribution in [0, 0.1) is 20.8 Å². The van der Waals surface area contributed by atoms with Crippen LogP contribution in [0.15, 0.2) is 158 Å². The van der Waals surface area contributed by atoms with Gasteiger partial charge in [-0.1, -0.05) is 139 Å². The topological polar surface area (TPSA) is 15.7 Å². The van der Waals surface area contributed by atoms with E-state index in [1.165, 1.54) is 61.4 Å². The molecule has 7 rings (SSSR count). The molecule has 0 saturated heterocycles. The molecule has 1 heterocycles. The molecule has 3 nitrogen and oxygen atoms in total. The zero-order valence-electron chi connectivity index (χ0n) is 28.2. The lowest BCUT2D eigenvalue weighted by molar-refractivity contribution is 0.413. The monoisotopic (exact) mass is 626 g/mol. The van der Waals surface area contributed by atoms with E-state index >= 15 is 0 Å². The van der Waals surface area contributed by atoms with Crippen molar-refractivity contribution in [3.05, 3.63) is 208 Å². The summed E-state index contributed by atoms with van der Waals surface area (Å²) in [6.07, 6.45) is 4.50. The maximum atomic E-state index is 6.14.